The first kappa shape index (κ1) is 13.1. The van der Waals surface area contributed by atoms with Crippen LogP contribution in [0.1, 0.15) is 16.1 Å². The Balaban J connectivity index is 1.97. The number of pyridine rings is 1. The van der Waals surface area contributed by atoms with E-state index in [1.807, 2.05) is 24.3 Å². The molecular weight excluding hydrogens is 284 g/mol. The Morgan fingerprint density at radius 3 is 2.95 bits per heavy atom. The highest BCUT2D eigenvalue weighted by molar-refractivity contribution is 7.14. The molecule has 3 N–H and O–H groups in total. The van der Waals surface area contributed by atoms with Gasteiger partial charge in [-0.1, -0.05) is 18.2 Å². The number of carbonyl (C=O) groups is 1. The Morgan fingerprint density at radius 2 is 2.14 bits per heavy atom. The van der Waals surface area contributed by atoms with E-state index < -0.39 is 0 Å². The Bertz CT molecular complexity index is 879. The van der Waals surface area contributed by atoms with Gasteiger partial charge in [0.15, 0.2) is 0 Å². The van der Waals surface area contributed by atoms with Crippen molar-refractivity contribution in [3.8, 4) is 6.07 Å². The summed E-state index contributed by atoms with van der Waals surface area (Å²) in [5.74, 6) is -0.383. The number of nitriles is 1. The fourth-order valence-corrected chi connectivity index (χ4v) is 2.71. The first-order valence-corrected chi connectivity index (χ1v) is 7.01. The maximum absolute atomic E-state index is 12.2. The molecule has 0 saturated carbocycles. The van der Waals surface area contributed by atoms with Gasteiger partial charge in [0.25, 0.3) is 5.91 Å². The monoisotopic (exact) mass is 294 g/mol. The number of nitrogens with two attached hydrogens (primary N) is 1. The van der Waals surface area contributed by atoms with Gasteiger partial charge in [-0.25, -0.2) is 4.98 Å². The lowest BCUT2D eigenvalue weighted by Gasteiger charge is -2.06. The van der Waals surface area contributed by atoms with E-state index in [-0.39, 0.29) is 11.6 Å². The van der Waals surface area contributed by atoms with Gasteiger partial charge in [-0.15, -0.1) is 11.3 Å². The lowest BCUT2D eigenvalue weighted by molar-refractivity contribution is 0.102. The zero-order chi connectivity index (χ0) is 14.8. The van der Waals surface area contributed by atoms with Gasteiger partial charge in [-0.2, -0.15) is 5.26 Å². The first-order chi connectivity index (χ1) is 10.2. The number of fused-ring (bicyclic) bond motifs is 1. The number of hydrogen-bond donors (Lipinski definition) is 2. The average molecular weight is 294 g/mol. The van der Waals surface area contributed by atoms with Crippen molar-refractivity contribution in [2.24, 2.45) is 0 Å². The third kappa shape index (κ3) is 2.42. The molecule has 1 amide bonds. The maximum atomic E-state index is 12.2. The summed E-state index contributed by atoms with van der Waals surface area (Å²) in [6.07, 6.45) is 0. The van der Waals surface area contributed by atoms with Crippen LogP contribution >= 0.6 is 11.3 Å². The molecule has 0 aliphatic carbocycles. The van der Waals surface area contributed by atoms with Gasteiger partial charge < -0.3 is 11.1 Å². The van der Waals surface area contributed by atoms with Crippen LogP contribution in [0.25, 0.3) is 10.9 Å². The summed E-state index contributed by atoms with van der Waals surface area (Å²) in [5.41, 5.74) is 7.77. The molecule has 0 aliphatic rings. The van der Waals surface area contributed by atoms with E-state index in [9.17, 15) is 4.79 Å². The Labute approximate surface area is 124 Å². The van der Waals surface area contributed by atoms with Crippen molar-refractivity contribution in [3.05, 3.63) is 53.0 Å². The summed E-state index contributed by atoms with van der Waals surface area (Å²) in [7, 11) is 0. The van der Waals surface area contributed by atoms with Gasteiger partial charge >= 0.3 is 0 Å². The van der Waals surface area contributed by atoms with Crippen LogP contribution in [0.4, 0.5) is 10.7 Å². The second kappa shape index (κ2) is 5.23. The van der Waals surface area contributed by atoms with Crippen LogP contribution in [0, 0.1) is 11.3 Å². The predicted molar refractivity (Wildman–Crippen MR) is 83.1 cm³/mol. The highest BCUT2D eigenvalue weighted by atomic mass is 32.1. The van der Waals surface area contributed by atoms with Crippen LogP contribution in [0.3, 0.4) is 0 Å². The number of thiophene rings is 1. The molecule has 0 atom stereocenters. The minimum Gasteiger partial charge on any atom is -0.398 e. The summed E-state index contributed by atoms with van der Waals surface area (Å²) in [5, 5.41) is 14.7. The Hall–Kier alpha value is -2.91. The van der Waals surface area contributed by atoms with Crippen molar-refractivity contribution in [2.45, 2.75) is 0 Å². The van der Waals surface area contributed by atoms with Crippen molar-refractivity contribution < 1.29 is 4.79 Å². The molecule has 0 unspecified atom stereocenters. The van der Waals surface area contributed by atoms with E-state index >= 15 is 0 Å². The second-order valence-electron chi connectivity index (χ2n) is 4.34. The van der Waals surface area contributed by atoms with Crippen LogP contribution in [-0.4, -0.2) is 10.9 Å². The number of rotatable bonds is 2. The quantitative estimate of drug-likeness (QED) is 0.760. The van der Waals surface area contributed by atoms with Gasteiger partial charge in [0, 0.05) is 11.1 Å². The number of nitrogen functional groups attached to an aromatic ring is 1. The number of nitrogens with zero attached hydrogens (tertiary/aromatic N) is 2. The summed E-state index contributed by atoms with van der Waals surface area (Å²) < 4.78 is 0. The van der Waals surface area contributed by atoms with Crippen LogP contribution in [0.2, 0.25) is 0 Å². The fourth-order valence-electron chi connectivity index (χ4n) is 1.98. The van der Waals surface area contributed by atoms with Gasteiger partial charge in [-0.05, 0) is 23.6 Å². The van der Waals surface area contributed by atoms with Gasteiger partial charge in [0.2, 0.25) is 0 Å². The zero-order valence-electron chi connectivity index (χ0n) is 10.8. The van der Waals surface area contributed by atoms with Crippen molar-refractivity contribution in [3.63, 3.8) is 0 Å². The molecule has 6 heteroatoms. The van der Waals surface area contributed by atoms with Gasteiger partial charge in [0.05, 0.1) is 11.1 Å². The van der Waals surface area contributed by atoms with Crippen molar-refractivity contribution in [1.82, 2.24) is 4.98 Å². The number of nitrogens with one attached hydrogen (secondary N) is 1. The van der Waals surface area contributed by atoms with E-state index in [1.165, 1.54) is 17.4 Å². The lowest BCUT2D eigenvalue weighted by atomic mass is 10.1. The van der Waals surface area contributed by atoms with Crippen LogP contribution in [0.5, 0.6) is 0 Å². The molecule has 0 aliphatic heterocycles. The Kier molecular flexibility index (Phi) is 3.26. The largest absolute Gasteiger partial charge is 0.398 e. The van der Waals surface area contributed by atoms with E-state index in [1.54, 1.807) is 17.5 Å². The molecule has 2 aromatic heterocycles. The third-order valence-corrected chi connectivity index (χ3v) is 3.82. The topological polar surface area (TPSA) is 91.8 Å². The highest BCUT2D eigenvalue weighted by Crippen LogP contribution is 2.24. The molecule has 5 nitrogen and oxygen atoms in total. The van der Waals surface area contributed by atoms with Crippen molar-refractivity contribution >= 4 is 38.8 Å². The molecule has 0 radical (unpaired) electrons. The fraction of sp³-hybridized carbons (Fsp3) is 0. The number of anilines is 2. The van der Waals surface area contributed by atoms with E-state index in [0.717, 1.165) is 5.39 Å². The molecule has 1 aromatic carbocycles. The number of para-hydroxylation sites is 1. The molecule has 0 fully saturated rings. The predicted octanol–water partition coefficient (Wildman–Crippen LogP) is 3.00. The molecule has 2 heterocycles. The van der Waals surface area contributed by atoms with E-state index in [0.29, 0.717) is 21.8 Å². The zero-order valence-corrected chi connectivity index (χ0v) is 11.6. The normalized spacial score (nSPS) is 10.2. The smallest absolute Gasteiger partial charge is 0.274 e. The standard InChI is InChI=1S/C15H10N4OS/c16-8-9-5-6-21-15(9)19-14(20)13-7-11(17)10-3-1-2-4-12(10)18-13/h1-7H,(H2,17,18)(H,19,20). The van der Waals surface area contributed by atoms with Crippen LogP contribution in [-0.2, 0) is 0 Å². The number of benzene rings is 1. The highest BCUT2D eigenvalue weighted by Gasteiger charge is 2.13. The number of carbonyl (C=O) groups excluding carboxylic acids is 1. The summed E-state index contributed by atoms with van der Waals surface area (Å²) in [6.45, 7) is 0. The Morgan fingerprint density at radius 1 is 1.33 bits per heavy atom. The minimum atomic E-state index is -0.383. The molecule has 102 valence electrons. The lowest BCUT2D eigenvalue weighted by Crippen LogP contribution is -2.14. The number of aromatic nitrogens is 1. The number of hydrogen-bond acceptors (Lipinski definition) is 5. The summed E-state index contributed by atoms with van der Waals surface area (Å²) >= 11 is 1.29. The van der Waals surface area contributed by atoms with Crippen LogP contribution in [0.15, 0.2) is 41.8 Å². The van der Waals surface area contributed by atoms with Crippen molar-refractivity contribution in [1.29, 1.82) is 5.26 Å². The first-order valence-electron chi connectivity index (χ1n) is 6.13. The molecule has 3 aromatic rings. The summed E-state index contributed by atoms with van der Waals surface area (Å²) in [6, 6.07) is 12.6. The molecule has 0 spiro atoms. The molecule has 21 heavy (non-hydrogen) atoms. The number of amides is 1. The minimum absolute atomic E-state index is 0.225. The van der Waals surface area contributed by atoms with Gasteiger partial charge in [0.1, 0.15) is 16.8 Å². The molecule has 0 bridgehead atoms. The van der Waals surface area contributed by atoms with E-state index in [4.69, 9.17) is 11.0 Å². The SMILES string of the molecule is N#Cc1ccsc1NC(=O)c1cc(N)c2ccccc2n1. The summed E-state index contributed by atoms with van der Waals surface area (Å²) in [4.78, 5) is 16.5. The van der Waals surface area contributed by atoms with Crippen molar-refractivity contribution in [2.75, 3.05) is 11.1 Å². The van der Waals surface area contributed by atoms with Gasteiger partial charge in [-0.3, -0.25) is 4.79 Å². The molecule has 0 saturated heterocycles. The van der Waals surface area contributed by atoms with E-state index in [2.05, 4.69) is 10.3 Å². The molecular formula is C15H10N4OS. The third-order valence-electron chi connectivity index (χ3n) is 2.99. The molecule has 3 rings (SSSR count). The average Bonchev–Trinajstić information content (AvgIpc) is 2.94. The second-order valence-corrected chi connectivity index (χ2v) is 5.26. The van der Waals surface area contributed by atoms with Crippen LogP contribution < -0.4 is 11.1 Å². The maximum Gasteiger partial charge on any atom is 0.274 e.